The molecule has 2 aliphatic carbocycles. The van der Waals surface area contributed by atoms with E-state index in [4.69, 9.17) is 0 Å². The Hall–Kier alpha value is -2.64. The molecule has 32 heavy (non-hydrogen) atoms. The third kappa shape index (κ3) is 2.38. The number of imide groups is 1. The Morgan fingerprint density at radius 3 is 2.22 bits per heavy atom. The van der Waals surface area contributed by atoms with Crippen LogP contribution >= 0.6 is 23.1 Å². The summed E-state index contributed by atoms with van der Waals surface area (Å²) in [6.07, 6.45) is 0.917. The fourth-order valence-electron chi connectivity index (χ4n) is 6.88. The fourth-order valence-corrected chi connectivity index (χ4v) is 9.77. The van der Waals surface area contributed by atoms with Gasteiger partial charge in [-0.1, -0.05) is 59.9 Å². The molecule has 4 aliphatic rings. The quantitative estimate of drug-likeness (QED) is 0.584. The van der Waals surface area contributed by atoms with Gasteiger partial charge < -0.3 is 4.98 Å². The summed E-state index contributed by atoms with van der Waals surface area (Å²) in [5, 5.41) is 1.19. The maximum Gasteiger partial charge on any atom is 0.305 e. The number of aromatic nitrogens is 1. The molecule has 7 atom stereocenters. The molecular formula is C25H20N2O3S2. The van der Waals surface area contributed by atoms with E-state index in [1.807, 2.05) is 48.5 Å². The van der Waals surface area contributed by atoms with Crippen LogP contribution in [0.3, 0.4) is 0 Å². The fraction of sp³-hybridized carbons (Fsp3) is 0.320. The summed E-state index contributed by atoms with van der Waals surface area (Å²) < 4.78 is 0. The molecule has 0 spiro atoms. The van der Waals surface area contributed by atoms with E-state index >= 15 is 0 Å². The predicted octanol–water partition coefficient (Wildman–Crippen LogP) is 4.11. The van der Waals surface area contributed by atoms with Gasteiger partial charge in [0.15, 0.2) is 0 Å². The standard InChI is InChI=1S/C25H20N2O3S2/c28-23-18-14-11-15(19(18)24(29)27(23)13-9-5-2-6-10-13)20-17(14)16(12-7-3-1-4-8-12)21-22(31-20)26-25(30)32-21/h1-10,14-20H,11H2,(H,26,30)/t14-,15-,16-,17-,18+,19-,20-/m1/s1. The molecule has 2 bridgehead atoms. The summed E-state index contributed by atoms with van der Waals surface area (Å²) in [6, 6.07) is 19.7. The number of carbonyl (C=O) groups is 2. The van der Waals surface area contributed by atoms with Gasteiger partial charge in [-0.2, -0.15) is 0 Å². The number of amides is 2. The van der Waals surface area contributed by atoms with Gasteiger partial charge in [-0.15, -0.1) is 11.8 Å². The first-order valence-electron chi connectivity index (χ1n) is 11.0. The number of nitrogens with one attached hydrogen (secondary N) is 1. The van der Waals surface area contributed by atoms with E-state index in [1.165, 1.54) is 21.8 Å². The highest BCUT2D eigenvalue weighted by atomic mass is 32.2. The minimum atomic E-state index is -0.252. The molecule has 2 aromatic carbocycles. The van der Waals surface area contributed by atoms with Crippen LogP contribution in [0.25, 0.3) is 0 Å². The van der Waals surface area contributed by atoms with Crippen molar-refractivity contribution >= 4 is 40.6 Å². The molecule has 1 N–H and O–H groups in total. The molecule has 0 unspecified atom stereocenters. The van der Waals surface area contributed by atoms with Crippen molar-refractivity contribution in [2.75, 3.05) is 4.90 Å². The minimum Gasteiger partial charge on any atom is -0.307 e. The Labute approximate surface area is 192 Å². The van der Waals surface area contributed by atoms with Gasteiger partial charge in [-0.3, -0.25) is 19.3 Å². The smallest absolute Gasteiger partial charge is 0.305 e. The van der Waals surface area contributed by atoms with Gasteiger partial charge in [0.05, 0.1) is 22.5 Å². The molecule has 2 aliphatic heterocycles. The Bertz CT molecular complexity index is 1300. The first-order chi connectivity index (χ1) is 15.6. The van der Waals surface area contributed by atoms with Gasteiger partial charge >= 0.3 is 4.87 Å². The van der Waals surface area contributed by atoms with E-state index in [0.29, 0.717) is 5.69 Å². The van der Waals surface area contributed by atoms with Gasteiger partial charge in [0.25, 0.3) is 0 Å². The number of hydrogen-bond acceptors (Lipinski definition) is 5. The van der Waals surface area contributed by atoms with Crippen LogP contribution in [0.4, 0.5) is 5.69 Å². The van der Waals surface area contributed by atoms with E-state index < -0.39 is 0 Å². The van der Waals surface area contributed by atoms with Gasteiger partial charge in [0, 0.05) is 16.0 Å². The number of anilines is 1. The summed E-state index contributed by atoms with van der Waals surface area (Å²) in [4.78, 5) is 44.9. The lowest BCUT2D eigenvalue weighted by molar-refractivity contribution is -0.123. The van der Waals surface area contributed by atoms with Crippen molar-refractivity contribution in [3.63, 3.8) is 0 Å². The van der Waals surface area contributed by atoms with Gasteiger partial charge in [-0.25, -0.2) is 0 Å². The number of benzene rings is 2. The van der Waals surface area contributed by atoms with Crippen LogP contribution in [0.2, 0.25) is 0 Å². The monoisotopic (exact) mass is 460 g/mol. The third-order valence-corrected chi connectivity index (χ3v) is 10.5. The molecule has 3 heterocycles. The van der Waals surface area contributed by atoms with E-state index in [0.717, 1.165) is 16.3 Å². The number of para-hydroxylation sites is 1. The number of hydrogen-bond donors (Lipinski definition) is 1. The van der Waals surface area contributed by atoms with Gasteiger partial charge in [0.1, 0.15) is 0 Å². The molecular weight excluding hydrogens is 440 g/mol. The Kier molecular flexibility index (Phi) is 3.94. The van der Waals surface area contributed by atoms with Crippen molar-refractivity contribution in [1.82, 2.24) is 4.98 Å². The number of thiazole rings is 1. The first-order valence-corrected chi connectivity index (χ1v) is 12.7. The number of fused-ring (bicyclic) bond motifs is 9. The summed E-state index contributed by atoms with van der Waals surface area (Å²) in [6.45, 7) is 0. The highest BCUT2D eigenvalue weighted by molar-refractivity contribution is 8.00. The lowest BCUT2D eigenvalue weighted by atomic mass is 9.68. The molecule has 1 saturated heterocycles. The summed E-state index contributed by atoms with van der Waals surface area (Å²) in [7, 11) is 0. The van der Waals surface area contributed by atoms with Gasteiger partial charge in [-0.05, 0) is 41.9 Å². The molecule has 0 radical (unpaired) electrons. The second-order valence-corrected chi connectivity index (χ2v) is 11.4. The third-order valence-electron chi connectivity index (χ3n) is 7.90. The molecule has 5 nitrogen and oxygen atoms in total. The first kappa shape index (κ1) is 18.9. The Morgan fingerprint density at radius 2 is 1.50 bits per heavy atom. The predicted molar refractivity (Wildman–Crippen MR) is 124 cm³/mol. The highest BCUT2D eigenvalue weighted by Gasteiger charge is 2.69. The molecule has 3 fully saturated rings. The average molecular weight is 461 g/mol. The van der Waals surface area contributed by atoms with Crippen LogP contribution < -0.4 is 9.77 Å². The van der Waals surface area contributed by atoms with E-state index in [9.17, 15) is 14.4 Å². The molecule has 7 heteroatoms. The van der Waals surface area contributed by atoms with Crippen molar-refractivity contribution in [2.24, 2.45) is 29.6 Å². The molecule has 2 saturated carbocycles. The zero-order chi connectivity index (χ0) is 21.6. The average Bonchev–Trinajstić information content (AvgIpc) is 3.53. The summed E-state index contributed by atoms with van der Waals surface area (Å²) in [5.74, 6) is 0.0747. The summed E-state index contributed by atoms with van der Waals surface area (Å²) in [5.41, 5.74) is 1.87. The molecule has 160 valence electrons. The number of nitrogens with zero attached hydrogens (tertiary/aromatic N) is 1. The maximum atomic E-state index is 13.6. The van der Waals surface area contributed by atoms with Crippen LogP contribution in [-0.4, -0.2) is 22.0 Å². The Morgan fingerprint density at radius 1 is 0.844 bits per heavy atom. The van der Waals surface area contributed by atoms with Crippen LogP contribution in [0, 0.1) is 29.6 Å². The largest absolute Gasteiger partial charge is 0.307 e. The number of carbonyl (C=O) groups excluding carboxylic acids is 2. The minimum absolute atomic E-state index is 0.0293. The van der Waals surface area contributed by atoms with Crippen molar-refractivity contribution in [3.8, 4) is 0 Å². The SMILES string of the molecule is O=C1[C@@H]2[C@H]3C[C@@H]([C@@H]2C(=O)N1c1ccccc1)[C@@H]1[C@@H](c2ccccc2)c2sc(=O)[nH]c2S[C@H]31. The normalized spacial score (nSPS) is 34.5. The van der Waals surface area contributed by atoms with Crippen molar-refractivity contribution in [3.05, 3.63) is 80.8 Å². The maximum absolute atomic E-state index is 13.6. The molecule has 7 rings (SSSR count). The zero-order valence-corrected chi connectivity index (χ0v) is 18.6. The van der Waals surface area contributed by atoms with Crippen LogP contribution in [-0.2, 0) is 9.59 Å². The lowest BCUT2D eigenvalue weighted by Crippen LogP contribution is -2.42. The second-order valence-electron chi connectivity index (χ2n) is 9.22. The molecule has 2 amide bonds. The second kappa shape index (κ2) is 6.68. The van der Waals surface area contributed by atoms with Crippen LogP contribution in [0.1, 0.15) is 22.8 Å². The van der Waals surface area contributed by atoms with E-state index in [1.54, 1.807) is 11.8 Å². The van der Waals surface area contributed by atoms with Crippen molar-refractivity contribution in [2.45, 2.75) is 22.6 Å². The van der Waals surface area contributed by atoms with Gasteiger partial charge in [0.2, 0.25) is 11.8 Å². The molecule has 1 aromatic heterocycles. The highest BCUT2D eigenvalue weighted by Crippen LogP contribution is 2.68. The number of aromatic amines is 1. The van der Waals surface area contributed by atoms with E-state index in [-0.39, 0.29) is 57.4 Å². The number of H-pyrrole nitrogens is 1. The summed E-state index contributed by atoms with van der Waals surface area (Å²) >= 11 is 3.03. The van der Waals surface area contributed by atoms with Crippen molar-refractivity contribution < 1.29 is 9.59 Å². The van der Waals surface area contributed by atoms with Crippen LogP contribution in [0.15, 0.2) is 70.5 Å². The number of thioether (sulfide) groups is 1. The van der Waals surface area contributed by atoms with E-state index in [2.05, 4.69) is 17.1 Å². The molecule has 3 aromatic rings. The zero-order valence-electron chi connectivity index (χ0n) is 17.0. The Balaban J connectivity index is 1.34. The van der Waals surface area contributed by atoms with Crippen molar-refractivity contribution in [1.29, 1.82) is 0 Å². The number of rotatable bonds is 2. The van der Waals surface area contributed by atoms with Crippen LogP contribution in [0.5, 0.6) is 0 Å². The topological polar surface area (TPSA) is 70.2 Å². The lowest BCUT2D eigenvalue weighted by Gasteiger charge is -2.43.